The second-order valence-electron chi connectivity index (χ2n) is 13.1. The van der Waals surface area contributed by atoms with Crippen LogP contribution in [0.4, 0.5) is 5.82 Å². The summed E-state index contributed by atoms with van der Waals surface area (Å²) in [4.78, 5) is 43.3. The molecule has 2 saturated heterocycles. The number of nitrogen functional groups attached to an aromatic ring is 1. The number of carbonyl (C=O) groups is 3. The lowest BCUT2D eigenvalue weighted by Crippen LogP contribution is -2.49. The molecule has 17 heteroatoms. The van der Waals surface area contributed by atoms with Gasteiger partial charge in [-0.2, -0.15) is 10.2 Å². The standard InChI is InChI=1S/C33H44N5O11P/c1-19(2)30(39)46-27-26(24-12-13-25-29(34)35-18-36-38(24)25)48-33(6,28(27)47-31(40)20(3)4)17-44-50(42,49-22-10-8-7-9-11-22)37-21(5)32(41)45-23-14-15-43-16-23/h7-13,18-21,23,26-28H,14-17H2,1-6H3,(H,37,42)(H2,34,35,36)/t21-,23+,26-,27-,28-,33+,50-/m0/s1. The van der Waals surface area contributed by atoms with E-state index in [1.807, 2.05) is 0 Å². The number of ether oxygens (including phenoxy) is 5. The van der Waals surface area contributed by atoms with Crippen molar-refractivity contribution in [1.82, 2.24) is 19.7 Å². The number of hydrogen-bond donors (Lipinski definition) is 2. The predicted molar refractivity (Wildman–Crippen MR) is 178 cm³/mol. The first-order valence-corrected chi connectivity index (χ1v) is 18.0. The molecule has 50 heavy (non-hydrogen) atoms. The largest absolute Gasteiger partial charge is 0.459 e. The van der Waals surface area contributed by atoms with Crippen molar-refractivity contribution in [2.75, 3.05) is 25.6 Å². The van der Waals surface area contributed by atoms with Crippen LogP contribution in [0, 0.1) is 11.8 Å². The summed E-state index contributed by atoms with van der Waals surface area (Å²) in [6.45, 7) is 9.89. The van der Waals surface area contributed by atoms with Crippen LogP contribution in [0.5, 0.6) is 5.75 Å². The summed E-state index contributed by atoms with van der Waals surface area (Å²) in [5.41, 5.74) is 5.36. The Morgan fingerprint density at radius 1 is 1.02 bits per heavy atom. The Kier molecular flexibility index (Phi) is 11.5. The highest BCUT2D eigenvalue weighted by atomic mass is 31.2. The summed E-state index contributed by atoms with van der Waals surface area (Å²) < 4.78 is 57.2. The minimum Gasteiger partial charge on any atom is -0.459 e. The fraction of sp³-hybridized carbons (Fsp3) is 0.545. The molecule has 7 atom stereocenters. The number of nitrogens with two attached hydrogens (primary N) is 1. The number of benzene rings is 1. The zero-order valence-corrected chi connectivity index (χ0v) is 29.7. The van der Waals surface area contributed by atoms with Crippen LogP contribution >= 0.6 is 7.75 Å². The van der Waals surface area contributed by atoms with Crippen molar-refractivity contribution in [3.05, 3.63) is 54.5 Å². The molecule has 0 bridgehead atoms. The van der Waals surface area contributed by atoms with Crippen LogP contribution in [0.3, 0.4) is 0 Å². The quantitative estimate of drug-likeness (QED) is 0.138. The lowest BCUT2D eigenvalue weighted by Gasteiger charge is -2.33. The van der Waals surface area contributed by atoms with Crippen molar-refractivity contribution < 1.29 is 51.7 Å². The van der Waals surface area contributed by atoms with Gasteiger partial charge in [0.1, 0.15) is 41.4 Å². The second-order valence-corrected chi connectivity index (χ2v) is 14.8. The van der Waals surface area contributed by atoms with E-state index in [0.29, 0.717) is 24.2 Å². The van der Waals surface area contributed by atoms with Crippen molar-refractivity contribution in [2.24, 2.45) is 11.8 Å². The molecule has 2 aliphatic heterocycles. The zero-order chi connectivity index (χ0) is 36.2. The number of carbonyl (C=O) groups excluding carboxylic acids is 3. The van der Waals surface area contributed by atoms with Crippen LogP contribution in [-0.2, 0) is 47.2 Å². The molecule has 1 aromatic carbocycles. The molecule has 0 saturated carbocycles. The summed E-state index contributed by atoms with van der Waals surface area (Å²) in [6.07, 6.45) is -2.18. The van der Waals surface area contributed by atoms with E-state index in [2.05, 4.69) is 15.2 Å². The van der Waals surface area contributed by atoms with Crippen molar-refractivity contribution in [3.63, 3.8) is 0 Å². The molecular weight excluding hydrogens is 673 g/mol. The Bertz CT molecular complexity index is 1710. The summed E-state index contributed by atoms with van der Waals surface area (Å²) in [5, 5.41) is 6.99. The maximum Gasteiger partial charge on any atom is 0.459 e. The Morgan fingerprint density at radius 3 is 2.38 bits per heavy atom. The molecule has 0 unspecified atom stereocenters. The zero-order valence-electron chi connectivity index (χ0n) is 28.8. The van der Waals surface area contributed by atoms with Crippen molar-refractivity contribution in [3.8, 4) is 5.75 Å². The highest BCUT2D eigenvalue weighted by molar-refractivity contribution is 7.52. The number of hydrogen-bond acceptors (Lipinski definition) is 14. The molecule has 0 aliphatic carbocycles. The molecule has 4 heterocycles. The van der Waals surface area contributed by atoms with E-state index >= 15 is 0 Å². The third-order valence-corrected chi connectivity index (χ3v) is 9.83. The van der Waals surface area contributed by atoms with Crippen LogP contribution in [0.25, 0.3) is 5.52 Å². The predicted octanol–water partition coefficient (Wildman–Crippen LogP) is 3.79. The number of nitrogens with zero attached hydrogens (tertiary/aromatic N) is 3. The highest BCUT2D eigenvalue weighted by Crippen LogP contribution is 2.50. The van der Waals surface area contributed by atoms with Crippen LogP contribution < -0.4 is 15.3 Å². The Balaban J connectivity index is 1.49. The van der Waals surface area contributed by atoms with Gasteiger partial charge >= 0.3 is 25.7 Å². The van der Waals surface area contributed by atoms with Gasteiger partial charge in [0.05, 0.1) is 37.4 Å². The molecule has 2 fully saturated rings. The van der Waals surface area contributed by atoms with Crippen molar-refractivity contribution in [2.45, 2.75) is 84.0 Å². The number of esters is 3. The number of aromatic nitrogens is 3. The molecule has 272 valence electrons. The SMILES string of the molecule is CC(C)C(=O)O[C@H]1[C@H](c2ccc3c(N)ncnn23)O[C@](C)(CO[P@@](=O)(N[C@@H](C)C(=O)O[C@@H]2CCOC2)Oc2ccccc2)[C@H]1OC(=O)C(C)C. The minimum atomic E-state index is -4.41. The van der Waals surface area contributed by atoms with E-state index in [0.717, 1.165) is 0 Å². The monoisotopic (exact) mass is 717 g/mol. The molecule has 5 rings (SSSR count). The van der Waals surface area contributed by atoms with Crippen LogP contribution in [0.2, 0.25) is 0 Å². The first kappa shape index (κ1) is 37.2. The van der Waals surface area contributed by atoms with Crippen molar-refractivity contribution in [1.29, 1.82) is 0 Å². The van der Waals surface area contributed by atoms with Gasteiger partial charge in [-0.1, -0.05) is 45.9 Å². The number of fused-ring (bicyclic) bond motifs is 1. The smallest absolute Gasteiger partial charge is 0.459 e. The number of para-hydroxylation sites is 1. The maximum absolute atomic E-state index is 14.5. The molecule has 2 aromatic heterocycles. The van der Waals surface area contributed by atoms with Gasteiger partial charge in [0, 0.05) is 6.42 Å². The maximum atomic E-state index is 14.5. The third-order valence-electron chi connectivity index (χ3n) is 8.20. The van der Waals surface area contributed by atoms with E-state index in [1.54, 1.807) is 77.1 Å². The van der Waals surface area contributed by atoms with Gasteiger partial charge in [-0.15, -0.1) is 0 Å². The van der Waals surface area contributed by atoms with Gasteiger partial charge in [0.2, 0.25) is 0 Å². The minimum absolute atomic E-state index is 0.187. The Labute approximate surface area is 289 Å². The fourth-order valence-corrected chi connectivity index (χ4v) is 6.98. The van der Waals surface area contributed by atoms with E-state index in [1.165, 1.54) is 17.8 Å². The van der Waals surface area contributed by atoms with E-state index < -0.39 is 80.2 Å². The average Bonchev–Trinajstić information content (AvgIpc) is 3.80. The number of anilines is 1. The summed E-state index contributed by atoms with van der Waals surface area (Å²) >= 11 is 0. The van der Waals surface area contributed by atoms with Gasteiger partial charge in [-0.3, -0.25) is 18.9 Å². The average molecular weight is 718 g/mol. The molecule has 3 N–H and O–H groups in total. The first-order chi connectivity index (χ1) is 23.7. The number of rotatable bonds is 14. The topological polar surface area (TPSA) is 201 Å². The molecule has 0 radical (unpaired) electrons. The van der Waals surface area contributed by atoms with Gasteiger partial charge in [-0.25, -0.2) is 14.1 Å². The van der Waals surface area contributed by atoms with Crippen LogP contribution in [0.1, 0.15) is 59.8 Å². The van der Waals surface area contributed by atoms with Gasteiger partial charge < -0.3 is 33.9 Å². The Morgan fingerprint density at radius 2 is 1.72 bits per heavy atom. The van der Waals surface area contributed by atoms with E-state index in [9.17, 15) is 18.9 Å². The molecule has 2 aliphatic rings. The molecule has 3 aromatic rings. The summed E-state index contributed by atoms with van der Waals surface area (Å²) in [7, 11) is -4.41. The van der Waals surface area contributed by atoms with Gasteiger partial charge in [-0.05, 0) is 38.1 Å². The molecule has 0 spiro atoms. The van der Waals surface area contributed by atoms with E-state index in [4.69, 9.17) is 38.5 Å². The number of nitrogens with one attached hydrogen (secondary N) is 1. The summed E-state index contributed by atoms with van der Waals surface area (Å²) in [5.74, 6) is -2.57. The van der Waals surface area contributed by atoms with Gasteiger partial charge in [0.15, 0.2) is 18.0 Å². The van der Waals surface area contributed by atoms with Crippen LogP contribution in [-0.4, -0.2) is 82.3 Å². The highest BCUT2D eigenvalue weighted by Gasteiger charge is 2.59. The van der Waals surface area contributed by atoms with E-state index in [-0.39, 0.29) is 18.2 Å². The van der Waals surface area contributed by atoms with Crippen molar-refractivity contribution >= 4 is 37.0 Å². The lowest BCUT2D eigenvalue weighted by atomic mass is 9.95. The lowest BCUT2D eigenvalue weighted by molar-refractivity contribution is -0.175. The third kappa shape index (κ3) is 8.44. The first-order valence-electron chi connectivity index (χ1n) is 16.4. The Hall–Kier alpha value is -4.08. The van der Waals surface area contributed by atoms with Crippen LogP contribution in [0.15, 0.2) is 48.8 Å². The molecule has 0 amide bonds. The second kappa shape index (κ2) is 15.4. The molecular formula is C33H44N5O11P. The molecule has 16 nitrogen and oxygen atoms in total. The summed E-state index contributed by atoms with van der Waals surface area (Å²) in [6, 6.07) is 10.5. The van der Waals surface area contributed by atoms with Gasteiger partial charge in [0.25, 0.3) is 0 Å². The fourth-order valence-electron chi connectivity index (χ4n) is 5.40. The normalized spacial score (nSPS) is 25.4.